The van der Waals surface area contributed by atoms with Crippen molar-refractivity contribution in [2.45, 2.75) is 26.4 Å². The topological polar surface area (TPSA) is 20.3 Å². The predicted molar refractivity (Wildman–Crippen MR) is 58.8 cm³/mol. The van der Waals surface area contributed by atoms with Crippen molar-refractivity contribution < 1.29 is 9.18 Å². The molecule has 0 N–H and O–H groups in total. The summed E-state index contributed by atoms with van der Waals surface area (Å²) in [5.74, 6) is 0.166. The molecule has 0 bridgehead atoms. The number of carbonyl (C=O) groups excluding carboxylic acids is 1. The van der Waals surface area contributed by atoms with Gasteiger partial charge in [0.15, 0.2) is 5.78 Å². The van der Waals surface area contributed by atoms with Gasteiger partial charge in [-0.2, -0.15) is 0 Å². The molecule has 0 saturated carbocycles. The summed E-state index contributed by atoms with van der Waals surface area (Å²) in [6.45, 7) is 6.79. The van der Waals surface area contributed by atoms with Crippen molar-refractivity contribution in [3.05, 3.63) is 0 Å². The number of alkyl halides is 1. The molecule has 1 unspecified atom stereocenters. The van der Waals surface area contributed by atoms with Crippen LogP contribution < -0.4 is 0 Å². The summed E-state index contributed by atoms with van der Waals surface area (Å²) in [5, 5.41) is 0. The second-order valence-electron chi connectivity index (χ2n) is 3.90. The lowest BCUT2D eigenvalue weighted by atomic mass is 10.1. The number of rotatable bonds is 3. The molecule has 1 aliphatic heterocycles. The Balaban J connectivity index is 2.69. The van der Waals surface area contributed by atoms with Gasteiger partial charge in [0, 0.05) is 19.0 Å². The molecule has 1 aliphatic rings. The Hall–Kier alpha value is -0.270. The summed E-state index contributed by atoms with van der Waals surface area (Å²) in [6.07, 6.45) is -0.198. The van der Waals surface area contributed by atoms with Gasteiger partial charge in [0.2, 0.25) is 0 Å². The molecule has 0 aliphatic carbocycles. The van der Waals surface area contributed by atoms with E-state index in [2.05, 4.69) is 0 Å². The monoisotopic (exact) mass is 217 g/mol. The molecule has 80 valence electrons. The number of ketones is 1. The SMILES string of the molecule is CP=C(C(=O)C(C)C)N1CCC(F)C1. The van der Waals surface area contributed by atoms with Crippen molar-refractivity contribution in [3.8, 4) is 0 Å². The number of Topliss-reactive ketones (excluding diaryl/α,β-unsaturated/α-hetero) is 1. The molecule has 1 atom stereocenters. The zero-order chi connectivity index (χ0) is 10.7. The number of hydrogen-bond donors (Lipinski definition) is 0. The number of likely N-dealkylation sites (tertiary alicyclic amines) is 1. The summed E-state index contributed by atoms with van der Waals surface area (Å²) in [6, 6.07) is 0. The second-order valence-corrected chi connectivity index (χ2v) is 4.77. The molecule has 1 saturated heterocycles. The summed E-state index contributed by atoms with van der Waals surface area (Å²) in [7, 11) is 0.952. The minimum atomic E-state index is -0.758. The number of carbonyl (C=O) groups is 1. The third-order valence-electron chi connectivity index (χ3n) is 2.39. The Morgan fingerprint density at radius 1 is 1.57 bits per heavy atom. The maximum absolute atomic E-state index is 13.0. The first-order valence-corrected chi connectivity index (χ1v) is 6.30. The van der Waals surface area contributed by atoms with E-state index in [4.69, 9.17) is 0 Å². The molecule has 0 aromatic carbocycles. The largest absolute Gasteiger partial charge is 0.292 e. The van der Waals surface area contributed by atoms with Gasteiger partial charge in [-0.3, -0.25) is 9.69 Å². The van der Waals surface area contributed by atoms with Crippen LogP contribution >= 0.6 is 8.20 Å². The lowest BCUT2D eigenvalue weighted by Crippen LogP contribution is -2.36. The molecule has 14 heavy (non-hydrogen) atoms. The number of nitrogens with zero attached hydrogens (tertiary/aromatic N) is 1. The van der Waals surface area contributed by atoms with E-state index < -0.39 is 6.17 Å². The van der Waals surface area contributed by atoms with Crippen LogP contribution in [0, 0.1) is 5.92 Å². The van der Waals surface area contributed by atoms with Crippen molar-refractivity contribution in [2.24, 2.45) is 5.92 Å². The highest BCUT2D eigenvalue weighted by Gasteiger charge is 2.28. The van der Waals surface area contributed by atoms with Gasteiger partial charge >= 0.3 is 0 Å². The fraction of sp³-hybridized carbons (Fsp3) is 0.800. The highest BCUT2D eigenvalue weighted by molar-refractivity contribution is 7.42. The van der Waals surface area contributed by atoms with Crippen LogP contribution in [-0.4, -0.2) is 42.0 Å². The molecule has 0 aromatic heterocycles. The Labute approximate surface area is 86.3 Å². The maximum atomic E-state index is 13.0. The smallest absolute Gasteiger partial charge is 0.180 e. The molecule has 1 rings (SSSR count). The average Bonchev–Trinajstić information content (AvgIpc) is 2.53. The zero-order valence-electron chi connectivity index (χ0n) is 8.96. The lowest BCUT2D eigenvalue weighted by Gasteiger charge is -2.18. The normalized spacial score (nSPS) is 24.6. The minimum absolute atomic E-state index is 0.0103. The molecule has 0 aromatic rings. The van der Waals surface area contributed by atoms with Crippen LogP contribution in [0.5, 0.6) is 0 Å². The van der Waals surface area contributed by atoms with Gasteiger partial charge in [0.05, 0.1) is 5.42 Å². The second kappa shape index (κ2) is 4.99. The first-order chi connectivity index (χ1) is 6.56. The summed E-state index contributed by atoms with van der Waals surface area (Å²) < 4.78 is 13.0. The summed E-state index contributed by atoms with van der Waals surface area (Å²) in [5.41, 5.74) is 0.778. The van der Waals surface area contributed by atoms with Gasteiger partial charge in [0.25, 0.3) is 0 Å². The molecule has 4 heteroatoms. The van der Waals surface area contributed by atoms with E-state index in [1.54, 1.807) is 0 Å². The van der Waals surface area contributed by atoms with Gasteiger partial charge in [-0.1, -0.05) is 22.1 Å². The summed E-state index contributed by atoms with van der Waals surface area (Å²) in [4.78, 5) is 13.7. The highest BCUT2D eigenvalue weighted by atomic mass is 31.1. The first-order valence-electron chi connectivity index (χ1n) is 4.96. The van der Waals surface area contributed by atoms with Crippen molar-refractivity contribution >= 4 is 19.4 Å². The van der Waals surface area contributed by atoms with Crippen LogP contribution in [0.4, 0.5) is 4.39 Å². The van der Waals surface area contributed by atoms with Gasteiger partial charge in [-0.15, -0.1) is 0 Å². The molecule has 2 nitrogen and oxygen atoms in total. The van der Waals surface area contributed by atoms with E-state index in [0.717, 1.165) is 13.6 Å². The third-order valence-corrected chi connectivity index (χ3v) is 3.31. The lowest BCUT2D eigenvalue weighted by molar-refractivity contribution is -0.116. The molecule has 1 fully saturated rings. The van der Waals surface area contributed by atoms with E-state index in [-0.39, 0.29) is 11.7 Å². The quantitative estimate of drug-likeness (QED) is 0.673. The Kier molecular flexibility index (Phi) is 4.21. The average molecular weight is 217 g/mol. The van der Waals surface area contributed by atoms with Crippen LogP contribution in [0.15, 0.2) is 0 Å². The molecular weight excluding hydrogens is 200 g/mol. The van der Waals surface area contributed by atoms with Crippen molar-refractivity contribution in [1.29, 1.82) is 0 Å². The highest BCUT2D eigenvalue weighted by Crippen LogP contribution is 2.17. The Morgan fingerprint density at radius 2 is 2.21 bits per heavy atom. The van der Waals surface area contributed by atoms with Crippen molar-refractivity contribution in [3.63, 3.8) is 0 Å². The Bertz CT molecular complexity index is 253. The van der Waals surface area contributed by atoms with Gasteiger partial charge in [0.1, 0.15) is 6.17 Å². The van der Waals surface area contributed by atoms with Crippen molar-refractivity contribution in [2.75, 3.05) is 19.8 Å². The number of halogens is 1. The molecule has 0 radical (unpaired) electrons. The third kappa shape index (κ3) is 2.61. The standard InChI is InChI=1S/C10H17FNOP/c1-7(2)9(13)10(14-3)12-5-4-8(11)6-12/h7-8H,4-6H2,1-3H3. The van der Waals surface area contributed by atoms with E-state index >= 15 is 0 Å². The first kappa shape index (κ1) is 11.8. The van der Waals surface area contributed by atoms with Gasteiger partial charge in [-0.25, -0.2) is 4.39 Å². The van der Waals surface area contributed by atoms with Crippen molar-refractivity contribution in [1.82, 2.24) is 4.90 Å². The fourth-order valence-corrected chi connectivity index (χ4v) is 2.52. The maximum Gasteiger partial charge on any atom is 0.180 e. The van der Waals surface area contributed by atoms with Crippen LogP contribution in [0.2, 0.25) is 0 Å². The fourth-order valence-electron chi connectivity index (χ4n) is 1.58. The van der Waals surface area contributed by atoms with Crippen LogP contribution in [0.25, 0.3) is 0 Å². The van der Waals surface area contributed by atoms with E-state index in [1.165, 1.54) is 0 Å². The molecule has 0 spiro atoms. The number of hydrogen-bond acceptors (Lipinski definition) is 1. The van der Waals surface area contributed by atoms with Gasteiger partial charge in [-0.05, 0) is 13.1 Å². The molecular formula is C10H17FNOP. The predicted octanol–water partition coefficient (Wildman–Crippen LogP) is 1.96. The Morgan fingerprint density at radius 3 is 2.57 bits per heavy atom. The zero-order valence-corrected chi connectivity index (χ0v) is 9.85. The minimum Gasteiger partial charge on any atom is -0.292 e. The van der Waals surface area contributed by atoms with Crippen LogP contribution in [0.3, 0.4) is 0 Å². The van der Waals surface area contributed by atoms with E-state index in [0.29, 0.717) is 19.5 Å². The van der Waals surface area contributed by atoms with Gasteiger partial charge < -0.3 is 0 Å². The molecule has 1 heterocycles. The van der Waals surface area contributed by atoms with E-state index in [9.17, 15) is 9.18 Å². The summed E-state index contributed by atoms with van der Waals surface area (Å²) >= 11 is 0. The van der Waals surface area contributed by atoms with Crippen LogP contribution in [-0.2, 0) is 4.79 Å². The van der Waals surface area contributed by atoms with E-state index in [1.807, 2.05) is 25.4 Å². The van der Waals surface area contributed by atoms with Crippen LogP contribution in [0.1, 0.15) is 20.3 Å². The molecule has 0 amide bonds.